The van der Waals surface area contributed by atoms with Crippen LogP contribution in [0, 0.1) is 0 Å². The summed E-state index contributed by atoms with van der Waals surface area (Å²) in [7, 11) is 0. The minimum atomic E-state index is -0.384. The van der Waals surface area contributed by atoms with Gasteiger partial charge in [-0.25, -0.2) is 4.79 Å². The van der Waals surface area contributed by atoms with Gasteiger partial charge in [-0.05, 0) is 46.5 Å². The van der Waals surface area contributed by atoms with Crippen LogP contribution in [0.1, 0.15) is 59.8 Å². The van der Waals surface area contributed by atoms with E-state index < -0.39 is 0 Å². The Morgan fingerprint density at radius 1 is 1.38 bits per heavy atom. The maximum atomic E-state index is 12.0. The highest BCUT2D eigenvalue weighted by Crippen LogP contribution is 2.23. The topological polar surface area (TPSA) is 29.5 Å². The van der Waals surface area contributed by atoms with E-state index in [4.69, 9.17) is 4.74 Å². The van der Waals surface area contributed by atoms with Gasteiger partial charge in [-0.2, -0.15) is 0 Å². The van der Waals surface area contributed by atoms with Crippen molar-refractivity contribution in [1.29, 1.82) is 0 Å². The van der Waals surface area contributed by atoms with Gasteiger partial charge in [0.05, 0.1) is 0 Å². The summed E-state index contributed by atoms with van der Waals surface area (Å²) in [5, 5.41) is 0. The Balaban J connectivity index is 2.57. The molecule has 1 saturated heterocycles. The lowest BCUT2D eigenvalue weighted by Crippen LogP contribution is -2.46. The third-order valence-corrected chi connectivity index (χ3v) is 2.88. The van der Waals surface area contributed by atoms with Gasteiger partial charge in [-0.15, -0.1) is 0 Å². The third-order valence-electron chi connectivity index (χ3n) is 2.88. The van der Waals surface area contributed by atoms with Crippen LogP contribution in [0.4, 0.5) is 4.79 Å². The van der Waals surface area contributed by atoms with Crippen LogP contribution in [-0.2, 0) is 4.74 Å². The Hall–Kier alpha value is -0.730. The molecule has 1 heterocycles. The zero-order chi connectivity index (χ0) is 12.2. The molecule has 0 N–H and O–H groups in total. The molecule has 1 fully saturated rings. The summed E-state index contributed by atoms with van der Waals surface area (Å²) < 4.78 is 5.44. The molecule has 0 saturated carbocycles. The van der Waals surface area contributed by atoms with Crippen molar-refractivity contribution in [2.45, 2.75) is 71.4 Å². The summed E-state index contributed by atoms with van der Waals surface area (Å²) in [6.45, 7) is 8.79. The summed E-state index contributed by atoms with van der Waals surface area (Å²) in [4.78, 5) is 13.9. The molecule has 0 unspecified atom stereocenters. The second kappa shape index (κ2) is 5.55. The number of amides is 1. The molecule has 3 heteroatoms. The van der Waals surface area contributed by atoms with E-state index in [1.165, 1.54) is 6.42 Å². The lowest BCUT2D eigenvalue weighted by Gasteiger charge is -2.36. The van der Waals surface area contributed by atoms with Gasteiger partial charge in [0.1, 0.15) is 5.60 Å². The van der Waals surface area contributed by atoms with E-state index >= 15 is 0 Å². The van der Waals surface area contributed by atoms with Crippen molar-refractivity contribution in [2.75, 3.05) is 6.54 Å². The van der Waals surface area contributed by atoms with Crippen LogP contribution >= 0.6 is 0 Å². The molecule has 1 amide bonds. The lowest BCUT2D eigenvalue weighted by molar-refractivity contribution is 0.00881. The second-order valence-electron chi connectivity index (χ2n) is 5.61. The van der Waals surface area contributed by atoms with Gasteiger partial charge < -0.3 is 9.64 Å². The van der Waals surface area contributed by atoms with Crippen LogP contribution in [0.3, 0.4) is 0 Å². The van der Waals surface area contributed by atoms with Gasteiger partial charge in [0.25, 0.3) is 0 Å². The number of hydrogen-bond donors (Lipinski definition) is 0. The average molecular weight is 227 g/mol. The van der Waals surface area contributed by atoms with E-state index in [1.807, 2.05) is 25.7 Å². The molecular weight excluding hydrogens is 202 g/mol. The highest BCUT2D eigenvalue weighted by Gasteiger charge is 2.29. The first kappa shape index (κ1) is 13.3. The van der Waals surface area contributed by atoms with Gasteiger partial charge in [-0.3, -0.25) is 0 Å². The number of hydrogen-bond acceptors (Lipinski definition) is 2. The Morgan fingerprint density at radius 3 is 2.62 bits per heavy atom. The summed E-state index contributed by atoms with van der Waals surface area (Å²) in [6.07, 6.45) is 5.57. The maximum Gasteiger partial charge on any atom is 0.410 e. The normalized spacial score (nSPS) is 22.0. The molecule has 1 rings (SSSR count). The van der Waals surface area contributed by atoms with Crippen molar-refractivity contribution in [3.8, 4) is 0 Å². The summed E-state index contributed by atoms with van der Waals surface area (Å²) >= 11 is 0. The van der Waals surface area contributed by atoms with Gasteiger partial charge in [0, 0.05) is 12.6 Å². The summed E-state index contributed by atoms with van der Waals surface area (Å²) in [5.74, 6) is 0. The Kier molecular flexibility index (Phi) is 4.63. The zero-order valence-electron chi connectivity index (χ0n) is 11.1. The molecule has 0 spiro atoms. The molecule has 1 atom stereocenters. The SMILES string of the molecule is CCC[C@H]1CCCCN1C(=O)OC(C)(C)C. The van der Waals surface area contributed by atoms with E-state index in [1.54, 1.807) is 0 Å². The first-order valence-electron chi connectivity index (χ1n) is 6.43. The number of carbonyl (C=O) groups excluding carboxylic acids is 1. The number of ether oxygens (including phenoxy) is 1. The van der Waals surface area contributed by atoms with E-state index in [0.717, 1.165) is 32.2 Å². The van der Waals surface area contributed by atoms with Crippen LogP contribution in [0.5, 0.6) is 0 Å². The first-order chi connectivity index (χ1) is 7.44. The van der Waals surface area contributed by atoms with Crippen LogP contribution in [0.25, 0.3) is 0 Å². The molecule has 0 radical (unpaired) electrons. The smallest absolute Gasteiger partial charge is 0.410 e. The van der Waals surface area contributed by atoms with E-state index in [-0.39, 0.29) is 11.7 Å². The Morgan fingerprint density at radius 2 is 2.06 bits per heavy atom. The number of piperidine rings is 1. The van der Waals surface area contributed by atoms with Crippen molar-refractivity contribution in [2.24, 2.45) is 0 Å². The van der Waals surface area contributed by atoms with Crippen molar-refractivity contribution in [3.05, 3.63) is 0 Å². The highest BCUT2D eigenvalue weighted by molar-refractivity contribution is 5.68. The van der Waals surface area contributed by atoms with Gasteiger partial charge >= 0.3 is 6.09 Å². The quantitative estimate of drug-likeness (QED) is 0.721. The van der Waals surface area contributed by atoms with Gasteiger partial charge in [0.2, 0.25) is 0 Å². The lowest BCUT2D eigenvalue weighted by atomic mass is 9.99. The Labute approximate surface area is 99.1 Å². The average Bonchev–Trinajstić information content (AvgIpc) is 2.16. The van der Waals surface area contributed by atoms with Crippen molar-refractivity contribution in [1.82, 2.24) is 4.90 Å². The highest BCUT2D eigenvalue weighted by atomic mass is 16.6. The molecule has 1 aliphatic heterocycles. The predicted octanol–water partition coefficient (Wildman–Crippen LogP) is 3.58. The van der Waals surface area contributed by atoms with Gasteiger partial charge in [0.15, 0.2) is 0 Å². The number of rotatable bonds is 2. The molecule has 0 bridgehead atoms. The fourth-order valence-electron chi connectivity index (χ4n) is 2.19. The summed E-state index contributed by atoms with van der Waals surface area (Å²) in [6, 6.07) is 0.397. The molecule has 94 valence electrons. The molecule has 0 aliphatic carbocycles. The van der Waals surface area contributed by atoms with Crippen molar-refractivity contribution >= 4 is 6.09 Å². The predicted molar refractivity (Wildman–Crippen MR) is 65.5 cm³/mol. The molecular formula is C13H25NO2. The van der Waals surface area contributed by atoms with E-state index in [9.17, 15) is 4.79 Å². The minimum Gasteiger partial charge on any atom is -0.444 e. The van der Waals surface area contributed by atoms with E-state index in [0.29, 0.717) is 6.04 Å². The van der Waals surface area contributed by atoms with Crippen molar-refractivity contribution < 1.29 is 9.53 Å². The van der Waals surface area contributed by atoms with Crippen LogP contribution in [0.15, 0.2) is 0 Å². The van der Waals surface area contributed by atoms with Crippen LogP contribution in [0.2, 0.25) is 0 Å². The maximum absolute atomic E-state index is 12.0. The number of likely N-dealkylation sites (tertiary alicyclic amines) is 1. The molecule has 0 aromatic carbocycles. The Bertz CT molecular complexity index is 231. The molecule has 3 nitrogen and oxygen atoms in total. The fourth-order valence-corrected chi connectivity index (χ4v) is 2.19. The van der Waals surface area contributed by atoms with Gasteiger partial charge in [-0.1, -0.05) is 13.3 Å². The van der Waals surface area contributed by atoms with Crippen molar-refractivity contribution in [3.63, 3.8) is 0 Å². The first-order valence-corrected chi connectivity index (χ1v) is 6.43. The molecule has 16 heavy (non-hydrogen) atoms. The standard InChI is InChI=1S/C13H25NO2/c1-5-8-11-9-6-7-10-14(11)12(15)16-13(2,3)4/h11H,5-10H2,1-4H3/t11-/m0/s1. The number of carbonyl (C=O) groups is 1. The zero-order valence-corrected chi connectivity index (χ0v) is 11.1. The summed E-state index contributed by atoms with van der Waals surface area (Å²) in [5.41, 5.74) is -0.384. The molecule has 0 aromatic heterocycles. The second-order valence-corrected chi connectivity index (χ2v) is 5.61. The minimum absolute atomic E-state index is 0.134. The monoisotopic (exact) mass is 227 g/mol. The molecule has 0 aromatic rings. The van der Waals surface area contributed by atoms with E-state index in [2.05, 4.69) is 6.92 Å². The fraction of sp³-hybridized carbons (Fsp3) is 0.923. The van der Waals surface area contributed by atoms with Crippen LogP contribution in [-0.4, -0.2) is 29.2 Å². The number of nitrogens with zero attached hydrogens (tertiary/aromatic N) is 1. The largest absolute Gasteiger partial charge is 0.444 e. The van der Waals surface area contributed by atoms with Crippen LogP contribution < -0.4 is 0 Å². The third kappa shape index (κ3) is 4.03. The molecule has 1 aliphatic rings.